The molecular formula is C18H21FN2O3S2. The molecule has 0 heterocycles. The van der Waals surface area contributed by atoms with Crippen LogP contribution in [-0.4, -0.2) is 38.9 Å². The van der Waals surface area contributed by atoms with Crippen LogP contribution in [0.15, 0.2) is 59.5 Å². The number of rotatable bonds is 8. The van der Waals surface area contributed by atoms with Crippen molar-refractivity contribution in [3.8, 4) is 0 Å². The molecule has 2 aromatic carbocycles. The van der Waals surface area contributed by atoms with Gasteiger partial charge >= 0.3 is 0 Å². The first-order valence-corrected chi connectivity index (χ1v) is 10.8. The summed E-state index contributed by atoms with van der Waals surface area (Å²) >= 11 is 1.60. The van der Waals surface area contributed by atoms with Gasteiger partial charge in [0.05, 0.1) is 11.9 Å². The molecule has 0 saturated heterocycles. The van der Waals surface area contributed by atoms with Crippen molar-refractivity contribution in [3.63, 3.8) is 0 Å². The molecule has 140 valence electrons. The number of amides is 1. The van der Waals surface area contributed by atoms with E-state index in [1.165, 1.54) is 19.1 Å². The van der Waals surface area contributed by atoms with Crippen LogP contribution in [0, 0.1) is 5.82 Å². The van der Waals surface area contributed by atoms with Gasteiger partial charge in [-0.2, -0.15) is 0 Å². The number of hydrogen-bond acceptors (Lipinski definition) is 4. The number of carbonyl (C=O) groups excluding carboxylic acids is 1. The molecule has 0 aliphatic heterocycles. The highest BCUT2D eigenvalue weighted by Gasteiger charge is 2.28. The molecule has 0 unspecified atom stereocenters. The summed E-state index contributed by atoms with van der Waals surface area (Å²) in [5, 5.41) is 2.75. The van der Waals surface area contributed by atoms with E-state index in [0.717, 1.165) is 27.6 Å². The van der Waals surface area contributed by atoms with Crippen molar-refractivity contribution in [2.45, 2.75) is 17.9 Å². The van der Waals surface area contributed by atoms with Gasteiger partial charge in [-0.05, 0) is 43.3 Å². The minimum Gasteiger partial charge on any atom is -0.353 e. The first kappa shape index (κ1) is 20.3. The van der Waals surface area contributed by atoms with Crippen molar-refractivity contribution in [2.24, 2.45) is 0 Å². The van der Waals surface area contributed by atoms with Crippen LogP contribution in [0.4, 0.5) is 10.1 Å². The summed E-state index contributed by atoms with van der Waals surface area (Å²) in [4.78, 5) is 13.5. The number of nitrogens with one attached hydrogen (secondary N) is 1. The van der Waals surface area contributed by atoms with Crippen LogP contribution >= 0.6 is 11.8 Å². The van der Waals surface area contributed by atoms with E-state index in [9.17, 15) is 17.6 Å². The van der Waals surface area contributed by atoms with E-state index in [-0.39, 0.29) is 5.69 Å². The van der Waals surface area contributed by atoms with Gasteiger partial charge < -0.3 is 5.32 Å². The topological polar surface area (TPSA) is 66.5 Å². The van der Waals surface area contributed by atoms with Crippen LogP contribution in [0.3, 0.4) is 0 Å². The predicted molar refractivity (Wildman–Crippen MR) is 103 cm³/mol. The molecule has 0 aromatic heterocycles. The molecule has 0 aliphatic carbocycles. The fourth-order valence-electron chi connectivity index (χ4n) is 2.40. The number of carbonyl (C=O) groups is 1. The Morgan fingerprint density at radius 2 is 1.77 bits per heavy atom. The van der Waals surface area contributed by atoms with E-state index in [4.69, 9.17) is 0 Å². The van der Waals surface area contributed by atoms with Gasteiger partial charge in [0.15, 0.2) is 0 Å². The van der Waals surface area contributed by atoms with E-state index in [1.807, 2.05) is 30.3 Å². The molecule has 1 amide bonds. The van der Waals surface area contributed by atoms with Gasteiger partial charge in [-0.25, -0.2) is 12.8 Å². The van der Waals surface area contributed by atoms with Crippen LogP contribution in [0.2, 0.25) is 0 Å². The zero-order chi connectivity index (χ0) is 19.2. The second-order valence-corrected chi connectivity index (χ2v) is 8.69. The van der Waals surface area contributed by atoms with Crippen LogP contribution < -0.4 is 9.62 Å². The van der Waals surface area contributed by atoms with Crippen LogP contribution in [0.1, 0.15) is 6.92 Å². The fraction of sp³-hybridized carbons (Fsp3) is 0.278. The van der Waals surface area contributed by atoms with Crippen molar-refractivity contribution >= 4 is 33.4 Å². The summed E-state index contributed by atoms with van der Waals surface area (Å²) in [7, 11) is -3.70. The van der Waals surface area contributed by atoms with Gasteiger partial charge in [-0.1, -0.05) is 18.2 Å². The first-order chi connectivity index (χ1) is 12.3. The second-order valence-electron chi connectivity index (χ2n) is 5.66. The highest BCUT2D eigenvalue weighted by Crippen LogP contribution is 2.21. The lowest BCUT2D eigenvalue weighted by molar-refractivity contribution is -0.121. The van der Waals surface area contributed by atoms with E-state index < -0.39 is 27.8 Å². The molecule has 26 heavy (non-hydrogen) atoms. The molecule has 1 atom stereocenters. The number of sulfonamides is 1. The Morgan fingerprint density at radius 1 is 1.15 bits per heavy atom. The summed E-state index contributed by atoms with van der Waals surface area (Å²) in [6.07, 6.45) is 1.02. The number of anilines is 1. The zero-order valence-electron chi connectivity index (χ0n) is 14.6. The lowest BCUT2D eigenvalue weighted by atomic mass is 10.2. The van der Waals surface area contributed by atoms with E-state index >= 15 is 0 Å². The molecule has 0 saturated carbocycles. The molecule has 5 nitrogen and oxygen atoms in total. The minimum absolute atomic E-state index is 0.246. The zero-order valence-corrected chi connectivity index (χ0v) is 16.2. The third kappa shape index (κ3) is 5.74. The molecular weight excluding hydrogens is 375 g/mol. The Balaban J connectivity index is 1.98. The maximum absolute atomic E-state index is 13.1. The highest BCUT2D eigenvalue weighted by atomic mass is 32.2. The normalized spacial score (nSPS) is 12.4. The standard InChI is InChI=1S/C18H21FN2O3S2/c1-14(18(22)20-12-13-25-17-6-4-3-5-7-17)21(26(2,23)24)16-10-8-15(19)9-11-16/h3-11,14H,12-13H2,1-2H3,(H,20,22)/t14-/m1/s1. The molecule has 8 heteroatoms. The van der Waals surface area contributed by atoms with Crippen molar-refractivity contribution in [3.05, 3.63) is 60.4 Å². The van der Waals surface area contributed by atoms with Gasteiger partial charge in [0.25, 0.3) is 0 Å². The molecule has 2 rings (SSSR count). The van der Waals surface area contributed by atoms with E-state index in [1.54, 1.807) is 11.8 Å². The highest BCUT2D eigenvalue weighted by molar-refractivity contribution is 7.99. The lowest BCUT2D eigenvalue weighted by Gasteiger charge is -2.28. The smallest absolute Gasteiger partial charge is 0.243 e. The van der Waals surface area contributed by atoms with Gasteiger partial charge in [-0.15, -0.1) is 11.8 Å². The number of hydrogen-bond donors (Lipinski definition) is 1. The molecule has 0 spiro atoms. The molecule has 0 aliphatic rings. The fourth-order valence-corrected chi connectivity index (χ4v) is 4.37. The Bertz CT molecular complexity index is 827. The predicted octanol–water partition coefficient (Wildman–Crippen LogP) is 2.89. The third-order valence-electron chi connectivity index (χ3n) is 3.58. The van der Waals surface area contributed by atoms with Crippen molar-refractivity contribution < 1.29 is 17.6 Å². The van der Waals surface area contributed by atoms with Crippen LogP contribution in [-0.2, 0) is 14.8 Å². The summed E-state index contributed by atoms with van der Waals surface area (Å²) in [6.45, 7) is 1.91. The maximum atomic E-state index is 13.1. The Hall–Kier alpha value is -2.06. The monoisotopic (exact) mass is 396 g/mol. The lowest BCUT2D eigenvalue weighted by Crippen LogP contribution is -2.48. The Kier molecular flexibility index (Phi) is 7.05. The number of halogens is 1. The molecule has 1 N–H and O–H groups in total. The summed E-state index contributed by atoms with van der Waals surface area (Å²) < 4.78 is 38.3. The van der Waals surface area contributed by atoms with E-state index in [0.29, 0.717) is 12.3 Å². The number of benzene rings is 2. The molecule has 0 fully saturated rings. The van der Waals surface area contributed by atoms with Gasteiger partial charge in [0, 0.05) is 17.2 Å². The van der Waals surface area contributed by atoms with Gasteiger partial charge in [0.1, 0.15) is 11.9 Å². The average Bonchev–Trinajstić information content (AvgIpc) is 2.60. The number of thioether (sulfide) groups is 1. The molecule has 2 aromatic rings. The summed E-state index contributed by atoms with van der Waals surface area (Å²) in [5.41, 5.74) is 0.246. The van der Waals surface area contributed by atoms with E-state index in [2.05, 4.69) is 5.32 Å². The van der Waals surface area contributed by atoms with Gasteiger partial charge in [0.2, 0.25) is 15.9 Å². The molecule has 0 radical (unpaired) electrons. The van der Waals surface area contributed by atoms with Crippen LogP contribution in [0.25, 0.3) is 0 Å². The SMILES string of the molecule is C[C@H](C(=O)NCCSc1ccccc1)N(c1ccc(F)cc1)S(C)(=O)=O. The average molecular weight is 397 g/mol. The van der Waals surface area contributed by atoms with Gasteiger partial charge in [-0.3, -0.25) is 9.10 Å². The third-order valence-corrected chi connectivity index (χ3v) is 5.84. The second kappa shape index (κ2) is 9.05. The Morgan fingerprint density at radius 3 is 2.35 bits per heavy atom. The first-order valence-electron chi connectivity index (χ1n) is 7.99. The Labute approximate surface area is 157 Å². The largest absolute Gasteiger partial charge is 0.353 e. The summed E-state index contributed by atoms with van der Waals surface area (Å²) in [6, 6.07) is 13.8. The van der Waals surface area contributed by atoms with Crippen molar-refractivity contribution in [2.75, 3.05) is 22.9 Å². The molecule has 0 bridgehead atoms. The summed E-state index contributed by atoms with van der Waals surface area (Å²) in [5.74, 6) is -0.219. The van der Waals surface area contributed by atoms with Crippen LogP contribution in [0.5, 0.6) is 0 Å². The van der Waals surface area contributed by atoms with Crippen molar-refractivity contribution in [1.82, 2.24) is 5.32 Å². The van der Waals surface area contributed by atoms with Crippen molar-refractivity contribution in [1.29, 1.82) is 0 Å². The minimum atomic E-state index is -3.70. The quantitative estimate of drug-likeness (QED) is 0.550. The maximum Gasteiger partial charge on any atom is 0.243 e. The number of nitrogens with zero attached hydrogens (tertiary/aromatic N) is 1.